The predicted molar refractivity (Wildman–Crippen MR) is 67.8 cm³/mol. The Kier molecular flexibility index (Phi) is 2.76. The van der Waals surface area contributed by atoms with Gasteiger partial charge in [0.2, 0.25) is 0 Å². The number of rotatable bonds is 3. The van der Waals surface area contributed by atoms with Crippen molar-refractivity contribution in [3.63, 3.8) is 0 Å². The van der Waals surface area contributed by atoms with E-state index in [9.17, 15) is 9.59 Å². The molecule has 1 aliphatic rings. The summed E-state index contributed by atoms with van der Waals surface area (Å²) in [5, 5.41) is 0. The van der Waals surface area contributed by atoms with E-state index in [4.69, 9.17) is 6.57 Å². The zero-order valence-electron chi connectivity index (χ0n) is 10.2. The molecule has 1 amide bonds. The lowest BCUT2D eigenvalue weighted by atomic mass is 10.00. The minimum absolute atomic E-state index is 0.270. The Hall–Kier alpha value is -2.41. The molecule has 0 aromatic heterocycles. The number of likely N-dealkylation sites (N-methyl/N-ethyl adjacent to an activating group) is 1. The highest BCUT2D eigenvalue weighted by Crippen LogP contribution is 2.47. The van der Waals surface area contributed by atoms with Crippen LogP contribution in [0.2, 0.25) is 0 Å². The highest BCUT2D eigenvalue weighted by Gasteiger charge is 2.60. The molecule has 0 saturated carbocycles. The second-order valence-corrected chi connectivity index (χ2v) is 4.34. The standard InChI is InChI=1S/C14H12N2O2/c1-15-14(13(18)16(2)3)8-12(14)11-7-5-4-6-10(11)9-17/h4-9H,2-3H3/t14-/m0/s1. The Labute approximate surface area is 105 Å². The van der Waals surface area contributed by atoms with Gasteiger partial charge in [0, 0.05) is 25.7 Å². The molecular weight excluding hydrogens is 228 g/mol. The Morgan fingerprint density at radius 1 is 1.39 bits per heavy atom. The van der Waals surface area contributed by atoms with Gasteiger partial charge in [-0.15, -0.1) is 0 Å². The van der Waals surface area contributed by atoms with Crippen molar-refractivity contribution in [1.29, 1.82) is 0 Å². The fourth-order valence-corrected chi connectivity index (χ4v) is 1.96. The van der Waals surface area contributed by atoms with Gasteiger partial charge in [-0.3, -0.25) is 14.4 Å². The van der Waals surface area contributed by atoms with Crippen molar-refractivity contribution in [3.05, 3.63) is 52.9 Å². The molecule has 1 aromatic carbocycles. The first-order chi connectivity index (χ1) is 8.56. The van der Waals surface area contributed by atoms with Crippen molar-refractivity contribution in [3.8, 4) is 0 Å². The molecule has 1 aromatic rings. The molecule has 4 heteroatoms. The first-order valence-electron chi connectivity index (χ1n) is 5.45. The molecule has 90 valence electrons. The molecule has 0 heterocycles. The maximum absolute atomic E-state index is 12.0. The number of amides is 1. The normalized spacial score (nSPS) is 20.6. The van der Waals surface area contributed by atoms with Crippen LogP contribution in [-0.2, 0) is 4.79 Å². The van der Waals surface area contributed by atoms with E-state index in [0.29, 0.717) is 16.7 Å². The van der Waals surface area contributed by atoms with Crippen LogP contribution in [0.15, 0.2) is 30.3 Å². The van der Waals surface area contributed by atoms with Gasteiger partial charge in [-0.05, 0) is 5.56 Å². The monoisotopic (exact) mass is 240 g/mol. The minimum Gasteiger partial charge on any atom is -0.341 e. The molecule has 0 aliphatic heterocycles. The van der Waals surface area contributed by atoms with Crippen LogP contribution in [0.5, 0.6) is 0 Å². The number of hydrogen-bond donors (Lipinski definition) is 0. The third kappa shape index (κ3) is 1.61. The molecule has 4 nitrogen and oxygen atoms in total. The van der Waals surface area contributed by atoms with E-state index in [2.05, 4.69) is 4.85 Å². The topological polar surface area (TPSA) is 41.7 Å². The number of aldehydes is 1. The van der Waals surface area contributed by atoms with E-state index in [0.717, 1.165) is 6.29 Å². The van der Waals surface area contributed by atoms with Crippen LogP contribution >= 0.6 is 0 Å². The van der Waals surface area contributed by atoms with Crippen LogP contribution in [-0.4, -0.2) is 36.7 Å². The third-order valence-electron chi connectivity index (χ3n) is 2.97. The second-order valence-electron chi connectivity index (χ2n) is 4.34. The molecule has 1 atom stereocenters. The smallest absolute Gasteiger partial charge is 0.341 e. The maximum Gasteiger partial charge on any atom is 0.353 e. The lowest BCUT2D eigenvalue weighted by Crippen LogP contribution is -2.35. The summed E-state index contributed by atoms with van der Waals surface area (Å²) in [7, 11) is 3.23. The van der Waals surface area contributed by atoms with Crippen molar-refractivity contribution in [2.45, 2.75) is 5.54 Å². The molecular formula is C14H12N2O2. The van der Waals surface area contributed by atoms with E-state index in [1.54, 1.807) is 44.4 Å². The van der Waals surface area contributed by atoms with Gasteiger partial charge in [-0.2, -0.15) is 0 Å². The quantitative estimate of drug-likeness (QED) is 0.595. The number of benzene rings is 1. The van der Waals surface area contributed by atoms with Crippen LogP contribution in [0.1, 0.15) is 15.9 Å². The van der Waals surface area contributed by atoms with Crippen molar-refractivity contribution in [2.24, 2.45) is 0 Å². The molecule has 0 N–H and O–H groups in total. The molecule has 18 heavy (non-hydrogen) atoms. The van der Waals surface area contributed by atoms with Crippen molar-refractivity contribution >= 4 is 17.8 Å². The van der Waals surface area contributed by atoms with E-state index >= 15 is 0 Å². The van der Waals surface area contributed by atoms with Gasteiger partial charge < -0.3 is 4.90 Å². The maximum atomic E-state index is 12.0. The van der Waals surface area contributed by atoms with Crippen LogP contribution in [0.25, 0.3) is 10.4 Å². The fraction of sp³-hybridized carbons (Fsp3) is 0.214. The Balaban J connectivity index is 2.39. The summed E-state index contributed by atoms with van der Waals surface area (Å²) in [6, 6.07) is 6.97. The lowest BCUT2D eigenvalue weighted by Gasteiger charge is -2.13. The minimum atomic E-state index is -1.21. The second kappa shape index (κ2) is 4.11. The predicted octanol–water partition coefficient (Wildman–Crippen LogP) is 1.64. The SMILES string of the molecule is [C-]#[N+][C@@]1(C(=O)N(C)C)C=C1c1ccccc1C=O. The first-order valence-corrected chi connectivity index (χ1v) is 5.45. The van der Waals surface area contributed by atoms with Gasteiger partial charge in [0.05, 0.1) is 5.57 Å². The number of hydrogen-bond acceptors (Lipinski definition) is 2. The van der Waals surface area contributed by atoms with Gasteiger partial charge in [0.1, 0.15) is 0 Å². The van der Waals surface area contributed by atoms with Crippen LogP contribution in [0.4, 0.5) is 0 Å². The van der Waals surface area contributed by atoms with Crippen LogP contribution in [0, 0.1) is 6.57 Å². The summed E-state index contributed by atoms with van der Waals surface area (Å²) in [5.74, 6) is -0.270. The summed E-state index contributed by atoms with van der Waals surface area (Å²) in [6.07, 6.45) is 2.36. The largest absolute Gasteiger partial charge is 0.353 e. The molecule has 0 unspecified atom stereocenters. The molecule has 0 radical (unpaired) electrons. The van der Waals surface area contributed by atoms with Gasteiger partial charge in [-0.1, -0.05) is 24.3 Å². The average Bonchev–Trinajstić information content (AvgIpc) is 3.13. The molecule has 0 saturated heterocycles. The van der Waals surface area contributed by atoms with Gasteiger partial charge in [-0.25, -0.2) is 6.57 Å². The molecule has 0 spiro atoms. The Bertz CT molecular complexity index is 596. The molecule has 2 rings (SSSR count). The van der Waals surface area contributed by atoms with Crippen molar-refractivity contribution in [1.82, 2.24) is 4.90 Å². The molecule has 0 fully saturated rings. The highest BCUT2D eigenvalue weighted by atomic mass is 16.2. The molecule has 1 aliphatic carbocycles. The lowest BCUT2D eigenvalue weighted by molar-refractivity contribution is -0.129. The summed E-state index contributed by atoms with van der Waals surface area (Å²) < 4.78 is 0. The highest BCUT2D eigenvalue weighted by molar-refractivity contribution is 6.16. The van der Waals surface area contributed by atoms with Crippen molar-refractivity contribution in [2.75, 3.05) is 14.1 Å². The fourth-order valence-electron chi connectivity index (χ4n) is 1.96. The zero-order valence-corrected chi connectivity index (χ0v) is 10.2. The number of carbonyl (C=O) groups excluding carboxylic acids is 2. The van der Waals surface area contributed by atoms with Gasteiger partial charge >= 0.3 is 11.4 Å². The Morgan fingerprint density at radius 3 is 2.61 bits per heavy atom. The zero-order chi connectivity index (χ0) is 13.3. The molecule has 0 bridgehead atoms. The average molecular weight is 240 g/mol. The van der Waals surface area contributed by atoms with E-state index in [-0.39, 0.29) is 5.91 Å². The number of nitrogens with zero attached hydrogens (tertiary/aromatic N) is 2. The van der Waals surface area contributed by atoms with Crippen LogP contribution in [0.3, 0.4) is 0 Å². The summed E-state index contributed by atoms with van der Waals surface area (Å²) in [6.45, 7) is 7.24. The van der Waals surface area contributed by atoms with E-state index in [1.165, 1.54) is 4.90 Å². The summed E-state index contributed by atoms with van der Waals surface area (Å²) in [4.78, 5) is 27.8. The van der Waals surface area contributed by atoms with Gasteiger partial charge in [0.25, 0.3) is 0 Å². The first kappa shape index (κ1) is 12.1. The summed E-state index contributed by atoms with van der Waals surface area (Å²) >= 11 is 0. The number of carbonyl (C=O) groups is 2. The Morgan fingerprint density at radius 2 is 2.06 bits per heavy atom. The van der Waals surface area contributed by atoms with E-state index in [1.807, 2.05) is 0 Å². The third-order valence-corrected chi connectivity index (χ3v) is 2.97. The van der Waals surface area contributed by atoms with Crippen molar-refractivity contribution < 1.29 is 9.59 Å². The van der Waals surface area contributed by atoms with Crippen LogP contribution < -0.4 is 0 Å². The summed E-state index contributed by atoms with van der Waals surface area (Å²) in [5.41, 5.74) is 0.584. The van der Waals surface area contributed by atoms with Gasteiger partial charge in [0.15, 0.2) is 6.29 Å². The van der Waals surface area contributed by atoms with E-state index < -0.39 is 5.54 Å².